The number of non-ortho nitro benzene ring substituents is 1. The van der Waals surface area contributed by atoms with E-state index < -0.39 is 14.9 Å². The van der Waals surface area contributed by atoms with Crippen molar-refractivity contribution in [3.8, 4) is 11.4 Å². The van der Waals surface area contributed by atoms with Crippen molar-refractivity contribution < 1.29 is 46.1 Å². The van der Waals surface area contributed by atoms with Crippen LogP contribution in [-0.2, 0) is 49.2 Å². The monoisotopic (exact) mass is 550 g/mol. The number of nitrogens with zero attached hydrogens (tertiary/aromatic N) is 3. The Morgan fingerprint density at radius 1 is 1.09 bits per heavy atom. The van der Waals surface area contributed by atoms with E-state index in [2.05, 4.69) is 33.2 Å². The summed E-state index contributed by atoms with van der Waals surface area (Å²) in [6.45, 7) is 5.70. The van der Waals surface area contributed by atoms with Crippen molar-refractivity contribution in [2.24, 2.45) is 0 Å². The Morgan fingerprint density at radius 2 is 1.82 bits per heavy atom. The van der Waals surface area contributed by atoms with Gasteiger partial charge in [-0.3, -0.25) is 15.5 Å². The van der Waals surface area contributed by atoms with Crippen molar-refractivity contribution in [1.29, 1.82) is 0 Å². The molecule has 4 aromatic rings. The third-order valence-electron chi connectivity index (χ3n) is 4.91. The minimum atomic E-state index is -3.93. The first-order valence-electron chi connectivity index (χ1n) is 9.88. The molecule has 0 amide bonds. The molecule has 171 valence electrons. The van der Waals surface area contributed by atoms with Gasteiger partial charge in [-0.1, -0.05) is 23.3 Å². The molecule has 0 unspecified atom stereocenters. The van der Waals surface area contributed by atoms with Gasteiger partial charge in [0.25, 0.3) is 15.7 Å². The summed E-state index contributed by atoms with van der Waals surface area (Å²) in [6, 6.07) is 18.8. The van der Waals surface area contributed by atoms with E-state index in [-0.39, 0.29) is 49.1 Å². The molecule has 0 aliphatic carbocycles. The van der Waals surface area contributed by atoms with Crippen molar-refractivity contribution in [3.63, 3.8) is 0 Å². The van der Waals surface area contributed by atoms with Gasteiger partial charge in [0, 0.05) is 44.8 Å². The first-order chi connectivity index (χ1) is 15.8. The maximum Gasteiger partial charge on any atom is 0.270 e. The topological polar surface area (TPSA) is 127 Å². The molecule has 0 aliphatic rings. The minimum absolute atomic E-state index is 0. The van der Waals surface area contributed by atoms with Crippen LogP contribution in [0.2, 0.25) is 0 Å². The molecule has 1 heterocycles. The summed E-state index contributed by atoms with van der Waals surface area (Å²) in [7, 11) is -3.93. The number of benzene rings is 3. The molecule has 0 saturated carbocycles. The quantitative estimate of drug-likeness (QED) is 0.202. The zero-order valence-corrected chi connectivity index (χ0v) is 21.8. The molecule has 34 heavy (non-hydrogen) atoms. The maximum atomic E-state index is 12.7. The summed E-state index contributed by atoms with van der Waals surface area (Å²) < 4.78 is 25.5. The summed E-state index contributed by atoms with van der Waals surface area (Å²) in [5, 5.41) is 11.6. The number of hydrogen-bond donors (Lipinski definition) is 2. The number of fused-ring (bicyclic) bond motifs is 1. The summed E-state index contributed by atoms with van der Waals surface area (Å²) in [5.74, 6) is 0.399. The number of nitro benzene ring substituents is 1. The number of hydrogen-bond acceptors (Lipinski definition) is 7. The number of rotatable bonds is 7. The van der Waals surface area contributed by atoms with Gasteiger partial charge in [-0.2, -0.15) is 36.2 Å². The molecule has 11 heteroatoms. The van der Waals surface area contributed by atoms with E-state index in [1.807, 2.05) is 13.0 Å². The number of aryl methyl sites for hydroxylation is 1. The number of nitrogens with one attached hydrogen (secondary N) is 2. The van der Waals surface area contributed by atoms with E-state index in [0.717, 1.165) is 11.1 Å². The fourth-order valence-corrected chi connectivity index (χ4v) is 3.99. The van der Waals surface area contributed by atoms with Gasteiger partial charge in [-0.25, -0.2) is 18.4 Å². The second kappa shape index (κ2) is 10.6. The second-order valence-electron chi connectivity index (χ2n) is 7.25. The SMILES string of the molecule is [CH2-]Cc1[c-]ccc(-c2nc(NNS(=O)(=O)c3ccc(C)cc3)c3cc([N+](=O)[O-])ccc3n2)c1.[Y]. The predicted octanol–water partition coefficient (Wildman–Crippen LogP) is 3.99. The van der Waals surface area contributed by atoms with Crippen molar-refractivity contribution in [2.45, 2.75) is 18.2 Å². The van der Waals surface area contributed by atoms with Gasteiger partial charge in [-0.15, -0.1) is 4.83 Å². The van der Waals surface area contributed by atoms with Gasteiger partial charge in [0.1, 0.15) is 5.82 Å². The molecule has 1 aromatic heterocycles. The molecular weight excluding hydrogens is 531 g/mol. The summed E-state index contributed by atoms with van der Waals surface area (Å²) in [5.41, 5.74) is 5.31. The van der Waals surface area contributed by atoms with E-state index in [1.54, 1.807) is 24.3 Å². The fraction of sp³-hybridized carbons (Fsp3) is 0.0870. The Morgan fingerprint density at radius 3 is 2.50 bits per heavy atom. The third-order valence-corrected chi connectivity index (χ3v) is 6.18. The number of anilines is 1. The molecule has 9 nitrogen and oxygen atoms in total. The first kappa shape index (κ1) is 25.8. The molecule has 1 radical (unpaired) electrons. The van der Waals surface area contributed by atoms with Gasteiger partial charge >= 0.3 is 0 Å². The normalized spacial score (nSPS) is 11.1. The van der Waals surface area contributed by atoms with Gasteiger partial charge in [-0.05, 0) is 25.1 Å². The van der Waals surface area contributed by atoms with Gasteiger partial charge in [0.05, 0.1) is 20.7 Å². The molecule has 0 fully saturated rings. The summed E-state index contributed by atoms with van der Waals surface area (Å²) in [6.07, 6.45) is 0.523. The van der Waals surface area contributed by atoms with Crippen molar-refractivity contribution in [2.75, 3.05) is 5.43 Å². The maximum absolute atomic E-state index is 12.7. The van der Waals surface area contributed by atoms with Crippen LogP contribution in [0.5, 0.6) is 0 Å². The van der Waals surface area contributed by atoms with Gasteiger partial charge in [0.15, 0.2) is 5.82 Å². The Labute approximate surface area is 222 Å². The molecule has 0 spiro atoms. The number of sulfonamides is 1. The Bertz CT molecular complexity index is 1460. The van der Waals surface area contributed by atoms with E-state index >= 15 is 0 Å². The molecule has 0 saturated heterocycles. The van der Waals surface area contributed by atoms with Crippen LogP contribution in [0.4, 0.5) is 11.5 Å². The van der Waals surface area contributed by atoms with Crippen molar-refractivity contribution in [3.05, 3.63) is 94.9 Å². The molecule has 0 atom stereocenters. The van der Waals surface area contributed by atoms with Crippen LogP contribution >= 0.6 is 0 Å². The van der Waals surface area contributed by atoms with E-state index in [4.69, 9.17) is 0 Å². The van der Waals surface area contributed by atoms with Crippen LogP contribution in [0.1, 0.15) is 11.1 Å². The molecule has 2 N–H and O–H groups in total. The molecular formula is C23H19N5O4SY-2. The molecule has 0 bridgehead atoms. The predicted molar refractivity (Wildman–Crippen MR) is 125 cm³/mol. The first-order valence-corrected chi connectivity index (χ1v) is 11.4. The molecule has 3 aromatic carbocycles. The van der Waals surface area contributed by atoms with Crippen LogP contribution in [0.3, 0.4) is 0 Å². The fourth-order valence-electron chi connectivity index (χ4n) is 3.15. The van der Waals surface area contributed by atoms with Crippen LogP contribution in [0.15, 0.2) is 65.6 Å². The van der Waals surface area contributed by atoms with E-state index in [0.29, 0.717) is 28.7 Å². The Hall–Kier alpha value is -2.79. The number of aromatic nitrogens is 2. The van der Waals surface area contributed by atoms with Crippen LogP contribution in [0.25, 0.3) is 22.3 Å². The standard InChI is InChI=1S/C23H19N5O4S.Y/c1-3-16-5-4-6-17(13-16)22-24-21-12-9-18(28(29)30)14-20(21)23(25-22)26-27-33(31,32)19-10-7-15(2)8-11-19;/h4,6-14,27H,1,3H2,2H3,(H,24,25,26);/q-2;. The van der Waals surface area contributed by atoms with E-state index in [9.17, 15) is 18.5 Å². The molecule has 4 rings (SSSR count). The van der Waals surface area contributed by atoms with Gasteiger partial charge < -0.3 is 6.92 Å². The Kier molecular flexibility index (Phi) is 8.09. The summed E-state index contributed by atoms with van der Waals surface area (Å²) in [4.78, 5) is 22.0. The average molecular weight is 550 g/mol. The van der Waals surface area contributed by atoms with Crippen LogP contribution < -0.4 is 10.3 Å². The van der Waals surface area contributed by atoms with Crippen molar-refractivity contribution >= 4 is 32.4 Å². The summed E-state index contributed by atoms with van der Waals surface area (Å²) >= 11 is 0. The third kappa shape index (κ3) is 5.64. The van der Waals surface area contributed by atoms with Crippen molar-refractivity contribution in [1.82, 2.24) is 14.8 Å². The number of nitro groups is 1. The number of hydrazine groups is 1. The van der Waals surface area contributed by atoms with Crippen LogP contribution in [-0.4, -0.2) is 23.3 Å². The van der Waals surface area contributed by atoms with Gasteiger partial charge in [0.2, 0.25) is 0 Å². The zero-order chi connectivity index (χ0) is 23.6. The van der Waals surface area contributed by atoms with E-state index in [1.165, 1.54) is 30.3 Å². The zero-order valence-electron chi connectivity index (χ0n) is 18.1. The largest absolute Gasteiger partial charge is 0.341 e. The van der Waals surface area contributed by atoms with Crippen LogP contribution in [0, 0.1) is 30.0 Å². The second-order valence-corrected chi connectivity index (χ2v) is 8.93. The minimum Gasteiger partial charge on any atom is -0.341 e. The average Bonchev–Trinajstić information content (AvgIpc) is 2.82. The Balaban J connectivity index is 0.00000324. The smallest absolute Gasteiger partial charge is 0.270 e. The molecule has 0 aliphatic heterocycles.